The van der Waals surface area contributed by atoms with Crippen molar-refractivity contribution < 1.29 is 22.1 Å². The number of hydrogen-bond donors (Lipinski definition) is 1. The Balaban J connectivity index is 2.65. The van der Waals surface area contributed by atoms with E-state index in [-0.39, 0.29) is 13.2 Å². The predicted octanol–water partition coefficient (Wildman–Crippen LogP) is 0.753. The molecular formula is C12H21N3O5S. The van der Waals surface area contributed by atoms with Crippen LogP contribution in [0.5, 0.6) is 0 Å². The molecule has 0 saturated carbocycles. The van der Waals surface area contributed by atoms with Crippen LogP contribution in [0.1, 0.15) is 20.8 Å². The Kier molecular flexibility index (Phi) is 5.73. The molecule has 0 aromatic carbocycles. The third-order valence-corrected chi connectivity index (χ3v) is 2.74. The van der Waals surface area contributed by atoms with Crippen molar-refractivity contribution >= 4 is 16.2 Å². The van der Waals surface area contributed by atoms with Gasteiger partial charge in [-0.15, -0.1) is 0 Å². The number of nitrogens with one attached hydrogen (secondary N) is 1. The summed E-state index contributed by atoms with van der Waals surface area (Å²) in [6, 6.07) is 1.14. The summed E-state index contributed by atoms with van der Waals surface area (Å²) in [7, 11) is -3.59. The number of ether oxygens (including phenoxy) is 1. The maximum absolute atomic E-state index is 11.8. The molecule has 0 spiro atoms. The lowest BCUT2D eigenvalue weighted by Crippen LogP contribution is -2.44. The van der Waals surface area contributed by atoms with Gasteiger partial charge in [-0.1, -0.05) is 0 Å². The molecule has 1 aromatic rings. The van der Waals surface area contributed by atoms with Gasteiger partial charge in [0.15, 0.2) is 0 Å². The smallest absolute Gasteiger partial charge is 0.408 e. The van der Waals surface area contributed by atoms with E-state index in [9.17, 15) is 13.2 Å². The lowest BCUT2D eigenvalue weighted by molar-refractivity contribution is 0.0480. The van der Waals surface area contributed by atoms with Crippen molar-refractivity contribution in [1.29, 1.82) is 0 Å². The van der Waals surface area contributed by atoms with Gasteiger partial charge in [-0.2, -0.15) is 13.5 Å². The third-order valence-electron chi connectivity index (χ3n) is 2.17. The van der Waals surface area contributed by atoms with E-state index >= 15 is 0 Å². The molecule has 1 heterocycles. The van der Waals surface area contributed by atoms with E-state index in [1.165, 1.54) is 0 Å². The summed E-state index contributed by atoms with van der Waals surface area (Å²) in [5.74, 6) is 0. The number of nitrogens with zero attached hydrogens (tertiary/aromatic N) is 2. The minimum Gasteiger partial charge on any atom is -0.444 e. The van der Waals surface area contributed by atoms with E-state index in [0.717, 1.165) is 6.26 Å². The molecular weight excluding hydrogens is 298 g/mol. The quantitative estimate of drug-likeness (QED) is 0.777. The van der Waals surface area contributed by atoms with E-state index in [0.29, 0.717) is 0 Å². The standard InChI is InChI=1S/C12H21N3O5S/c1-12(2,3)20-11(16)14-10(9-19-21(4,17)18)8-15-7-5-6-13-15/h5-7,10H,8-9H2,1-4H3,(H,14,16)/t10-/m1/s1. The molecule has 1 aromatic heterocycles. The van der Waals surface area contributed by atoms with Gasteiger partial charge in [0.1, 0.15) is 5.60 Å². The fourth-order valence-electron chi connectivity index (χ4n) is 1.45. The van der Waals surface area contributed by atoms with Crippen molar-refractivity contribution in [2.24, 2.45) is 0 Å². The van der Waals surface area contributed by atoms with Crippen LogP contribution in [0, 0.1) is 0 Å². The second-order valence-electron chi connectivity index (χ2n) is 5.56. The second kappa shape index (κ2) is 6.90. The van der Waals surface area contributed by atoms with Crippen molar-refractivity contribution in [2.45, 2.75) is 39.0 Å². The molecule has 0 radical (unpaired) electrons. The number of carbonyl (C=O) groups is 1. The van der Waals surface area contributed by atoms with Gasteiger partial charge in [0, 0.05) is 12.4 Å². The fourth-order valence-corrected chi connectivity index (χ4v) is 1.87. The van der Waals surface area contributed by atoms with Crippen molar-refractivity contribution in [2.75, 3.05) is 12.9 Å². The molecule has 0 fully saturated rings. The number of carbonyl (C=O) groups excluding carboxylic acids is 1. The first kappa shape index (κ1) is 17.4. The zero-order valence-electron chi connectivity index (χ0n) is 12.6. The highest BCUT2D eigenvalue weighted by Gasteiger charge is 2.21. The maximum atomic E-state index is 11.8. The van der Waals surface area contributed by atoms with Crippen molar-refractivity contribution in [3.05, 3.63) is 18.5 Å². The molecule has 9 heteroatoms. The average Bonchev–Trinajstić information content (AvgIpc) is 2.74. The van der Waals surface area contributed by atoms with E-state index in [1.807, 2.05) is 0 Å². The van der Waals surface area contributed by atoms with Crippen LogP contribution in [0.2, 0.25) is 0 Å². The Hall–Kier alpha value is -1.61. The van der Waals surface area contributed by atoms with Crippen LogP contribution in [0.3, 0.4) is 0 Å². The van der Waals surface area contributed by atoms with Crippen LogP contribution >= 0.6 is 0 Å². The molecule has 1 amide bonds. The molecule has 1 atom stereocenters. The van der Waals surface area contributed by atoms with Gasteiger partial charge in [0.2, 0.25) is 0 Å². The summed E-state index contributed by atoms with van der Waals surface area (Å²) in [5, 5.41) is 6.57. The molecule has 0 aliphatic heterocycles. The molecule has 1 rings (SSSR count). The largest absolute Gasteiger partial charge is 0.444 e. The van der Waals surface area contributed by atoms with Crippen LogP contribution in [-0.2, 0) is 25.6 Å². The lowest BCUT2D eigenvalue weighted by atomic mass is 10.2. The summed E-state index contributed by atoms with van der Waals surface area (Å²) in [6.45, 7) is 5.28. The number of rotatable bonds is 6. The first-order valence-electron chi connectivity index (χ1n) is 6.36. The number of alkyl carbamates (subject to hydrolysis) is 1. The van der Waals surface area contributed by atoms with Gasteiger partial charge in [0.05, 0.1) is 25.4 Å². The van der Waals surface area contributed by atoms with Gasteiger partial charge in [-0.05, 0) is 26.8 Å². The Morgan fingerprint density at radius 1 is 1.43 bits per heavy atom. The molecule has 0 unspecified atom stereocenters. The maximum Gasteiger partial charge on any atom is 0.408 e. The summed E-state index contributed by atoms with van der Waals surface area (Å²) in [5.41, 5.74) is -0.641. The zero-order valence-corrected chi connectivity index (χ0v) is 13.4. The van der Waals surface area contributed by atoms with Crippen LogP contribution in [0.15, 0.2) is 18.5 Å². The van der Waals surface area contributed by atoms with Crippen molar-refractivity contribution in [3.8, 4) is 0 Å². The SMILES string of the molecule is CC(C)(C)OC(=O)N[C@@H](COS(C)(=O)=O)Cn1cccn1. The minimum atomic E-state index is -3.59. The topological polar surface area (TPSA) is 99.5 Å². The summed E-state index contributed by atoms with van der Waals surface area (Å²) >= 11 is 0. The monoisotopic (exact) mass is 319 g/mol. The van der Waals surface area contributed by atoms with Gasteiger partial charge in [-0.25, -0.2) is 4.79 Å². The van der Waals surface area contributed by atoms with E-state index < -0.39 is 27.9 Å². The minimum absolute atomic E-state index is 0.196. The zero-order chi connectivity index (χ0) is 16.1. The van der Waals surface area contributed by atoms with Crippen molar-refractivity contribution in [1.82, 2.24) is 15.1 Å². The molecule has 120 valence electrons. The molecule has 0 aliphatic rings. The highest BCUT2D eigenvalue weighted by Crippen LogP contribution is 2.07. The van der Waals surface area contributed by atoms with Crippen LogP contribution in [-0.4, -0.2) is 48.8 Å². The summed E-state index contributed by atoms with van der Waals surface area (Å²) in [6.07, 6.45) is 3.59. The molecule has 0 bridgehead atoms. The molecule has 1 N–H and O–H groups in total. The molecule has 0 saturated heterocycles. The van der Waals surface area contributed by atoms with Crippen LogP contribution in [0.4, 0.5) is 4.79 Å². The highest BCUT2D eigenvalue weighted by molar-refractivity contribution is 7.85. The highest BCUT2D eigenvalue weighted by atomic mass is 32.2. The molecule has 0 aliphatic carbocycles. The first-order valence-corrected chi connectivity index (χ1v) is 8.18. The molecule has 21 heavy (non-hydrogen) atoms. The predicted molar refractivity (Wildman–Crippen MR) is 76.2 cm³/mol. The number of amides is 1. The Morgan fingerprint density at radius 2 is 2.10 bits per heavy atom. The third kappa shape index (κ3) is 8.30. The summed E-state index contributed by atoms with van der Waals surface area (Å²) in [4.78, 5) is 11.8. The van der Waals surface area contributed by atoms with E-state index in [2.05, 4.69) is 10.4 Å². The van der Waals surface area contributed by atoms with E-state index in [4.69, 9.17) is 8.92 Å². The normalized spacial score (nSPS) is 13.7. The van der Waals surface area contributed by atoms with Gasteiger partial charge in [-0.3, -0.25) is 8.86 Å². The van der Waals surface area contributed by atoms with Crippen LogP contribution in [0.25, 0.3) is 0 Å². The molecule has 8 nitrogen and oxygen atoms in total. The Morgan fingerprint density at radius 3 is 2.57 bits per heavy atom. The first-order chi connectivity index (χ1) is 9.55. The van der Waals surface area contributed by atoms with Crippen LogP contribution < -0.4 is 5.32 Å². The average molecular weight is 319 g/mol. The van der Waals surface area contributed by atoms with E-state index in [1.54, 1.807) is 43.9 Å². The lowest BCUT2D eigenvalue weighted by Gasteiger charge is -2.23. The fraction of sp³-hybridized carbons (Fsp3) is 0.667. The summed E-state index contributed by atoms with van der Waals surface area (Å²) < 4.78 is 33.6. The Bertz CT molecular complexity index is 548. The Labute approximate surface area is 124 Å². The van der Waals surface area contributed by atoms with Crippen molar-refractivity contribution in [3.63, 3.8) is 0 Å². The van der Waals surface area contributed by atoms with Gasteiger partial charge in [0.25, 0.3) is 10.1 Å². The van der Waals surface area contributed by atoms with Gasteiger partial charge < -0.3 is 10.1 Å². The number of aromatic nitrogens is 2. The number of hydrogen-bond acceptors (Lipinski definition) is 6. The van der Waals surface area contributed by atoms with Gasteiger partial charge >= 0.3 is 6.09 Å². The second-order valence-corrected chi connectivity index (χ2v) is 7.20.